The average Bonchev–Trinajstić information content (AvgIpc) is 2.75. The van der Waals surface area contributed by atoms with E-state index in [0.29, 0.717) is 0 Å². The molecule has 1 aromatic carbocycles. The molecule has 0 spiro atoms. The Balaban J connectivity index is 1.53. The number of carbonyl (C=O) groups is 1. The number of thioether (sulfide) groups is 1. The van der Waals surface area contributed by atoms with Crippen LogP contribution >= 0.6 is 11.8 Å². The quantitative estimate of drug-likeness (QED) is 0.582. The molecule has 0 atom stereocenters. The molecule has 0 radical (unpaired) electrons. The van der Waals surface area contributed by atoms with Gasteiger partial charge in [0.2, 0.25) is 5.91 Å². The Morgan fingerprint density at radius 2 is 1.87 bits per heavy atom. The van der Waals surface area contributed by atoms with Crippen molar-refractivity contribution in [2.75, 3.05) is 49.3 Å². The molecule has 160 valence electrons. The van der Waals surface area contributed by atoms with Crippen molar-refractivity contribution in [1.29, 1.82) is 0 Å². The van der Waals surface area contributed by atoms with Crippen LogP contribution in [0.3, 0.4) is 0 Å². The number of para-hydroxylation sites is 1. The Kier molecular flexibility index (Phi) is 6.43. The summed E-state index contributed by atoms with van der Waals surface area (Å²) in [5.74, 6) is 0.162. The molecule has 2 heterocycles. The summed E-state index contributed by atoms with van der Waals surface area (Å²) in [7, 11) is 2.11. The van der Waals surface area contributed by atoms with Crippen molar-refractivity contribution in [2.24, 2.45) is 0 Å². The molecule has 7 nitrogen and oxygen atoms in total. The number of likely N-dealkylation sites (N-methyl/N-ethyl adjacent to an activating group) is 1. The van der Waals surface area contributed by atoms with Crippen LogP contribution in [0.25, 0.3) is 0 Å². The lowest BCUT2D eigenvalue weighted by atomic mass is 9.97. The molecule has 1 aromatic heterocycles. The number of amides is 1. The molecular formula is C22H29N5O2S. The van der Waals surface area contributed by atoms with Crippen molar-refractivity contribution in [3.63, 3.8) is 0 Å². The minimum absolute atomic E-state index is 0.0797. The molecule has 2 aliphatic rings. The highest BCUT2D eigenvalue weighted by Gasteiger charge is 2.25. The van der Waals surface area contributed by atoms with Gasteiger partial charge in [-0.25, -0.2) is 9.47 Å². The van der Waals surface area contributed by atoms with Gasteiger partial charge in [-0.1, -0.05) is 30.0 Å². The monoisotopic (exact) mass is 427 g/mol. The lowest BCUT2D eigenvalue weighted by molar-refractivity contribution is -0.113. The fraction of sp³-hybridized carbons (Fsp3) is 0.500. The van der Waals surface area contributed by atoms with Gasteiger partial charge >= 0.3 is 5.69 Å². The Bertz CT molecular complexity index is 982. The maximum Gasteiger partial charge on any atom is 0.367 e. The van der Waals surface area contributed by atoms with E-state index >= 15 is 0 Å². The predicted molar refractivity (Wildman–Crippen MR) is 121 cm³/mol. The number of aromatic nitrogens is 2. The largest absolute Gasteiger partial charge is 0.367 e. The molecule has 4 rings (SSSR count). The second kappa shape index (κ2) is 9.22. The van der Waals surface area contributed by atoms with Crippen molar-refractivity contribution in [3.05, 3.63) is 51.6 Å². The second-order valence-electron chi connectivity index (χ2n) is 8.05. The normalized spacial score (nSPS) is 16.9. The third kappa shape index (κ3) is 4.54. The summed E-state index contributed by atoms with van der Waals surface area (Å²) in [5, 5.41) is 5.82. The van der Waals surface area contributed by atoms with Crippen LogP contribution in [0, 0.1) is 6.92 Å². The van der Waals surface area contributed by atoms with Gasteiger partial charge in [-0.05, 0) is 51.3 Å². The number of hydrogen-bond donors (Lipinski definition) is 1. The van der Waals surface area contributed by atoms with Gasteiger partial charge in [-0.15, -0.1) is 0 Å². The summed E-state index contributed by atoms with van der Waals surface area (Å²) in [6.07, 6.45) is 3.99. The molecule has 8 heteroatoms. The van der Waals surface area contributed by atoms with E-state index in [-0.39, 0.29) is 17.3 Å². The molecule has 1 aliphatic heterocycles. The minimum atomic E-state index is -0.220. The number of hydrogen-bond acceptors (Lipinski definition) is 6. The summed E-state index contributed by atoms with van der Waals surface area (Å²) < 4.78 is 1.82. The van der Waals surface area contributed by atoms with Crippen molar-refractivity contribution >= 4 is 23.4 Å². The number of aryl methyl sites for hydroxylation is 1. The van der Waals surface area contributed by atoms with Gasteiger partial charge in [0.25, 0.3) is 0 Å². The number of anilines is 1. The van der Waals surface area contributed by atoms with Gasteiger partial charge in [0.1, 0.15) is 5.03 Å². The summed E-state index contributed by atoms with van der Waals surface area (Å²) in [5.41, 5.74) is 3.87. The van der Waals surface area contributed by atoms with Crippen LogP contribution < -0.4 is 16.0 Å². The van der Waals surface area contributed by atoms with Crippen molar-refractivity contribution in [3.8, 4) is 0 Å². The molecule has 1 N–H and O–H groups in total. The van der Waals surface area contributed by atoms with Crippen molar-refractivity contribution in [2.45, 2.75) is 37.6 Å². The highest BCUT2D eigenvalue weighted by molar-refractivity contribution is 8.00. The van der Waals surface area contributed by atoms with Crippen molar-refractivity contribution in [1.82, 2.24) is 14.6 Å². The zero-order valence-electron chi connectivity index (χ0n) is 17.7. The minimum Gasteiger partial charge on any atom is -0.325 e. The van der Waals surface area contributed by atoms with Crippen LogP contribution in [0.5, 0.6) is 0 Å². The molecule has 1 amide bonds. The predicted octanol–water partition coefficient (Wildman–Crippen LogP) is 2.04. The van der Waals surface area contributed by atoms with Crippen LogP contribution in [0.2, 0.25) is 0 Å². The first-order valence-electron chi connectivity index (χ1n) is 10.6. The number of fused-ring (bicyclic) bond motifs is 1. The third-order valence-electron chi connectivity index (χ3n) is 5.85. The first kappa shape index (κ1) is 20.9. The van der Waals surface area contributed by atoms with Gasteiger partial charge < -0.3 is 15.2 Å². The summed E-state index contributed by atoms with van der Waals surface area (Å²) in [6, 6.07) is 7.73. The molecule has 1 fully saturated rings. The van der Waals surface area contributed by atoms with Gasteiger partial charge in [0.05, 0.1) is 11.4 Å². The van der Waals surface area contributed by atoms with E-state index in [2.05, 4.69) is 27.3 Å². The fourth-order valence-corrected chi connectivity index (χ4v) is 4.99. The molecule has 0 bridgehead atoms. The fourth-order valence-electron chi connectivity index (χ4n) is 4.11. The molecule has 2 aromatic rings. The van der Waals surface area contributed by atoms with Crippen LogP contribution in [-0.2, 0) is 17.6 Å². The van der Waals surface area contributed by atoms with Gasteiger partial charge in [-0.2, -0.15) is 4.98 Å². The van der Waals surface area contributed by atoms with Crippen LogP contribution in [0.15, 0.2) is 34.1 Å². The Labute approximate surface area is 181 Å². The first-order valence-corrected chi connectivity index (χ1v) is 11.6. The molecule has 1 aliphatic carbocycles. The van der Waals surface area contributed by atoms with Gasteiger partial charge in [0, 0.05) is 37.4 Å². The number of carbonyl (C=O) groups excluding carboxylic acids is 1. The average molecular weight is 428 g/mol. The van der Waals surface area contributed by atoms with E-state index in [9.17, 15) is 9.59 Å². The standard InChI is InChI=1S/C22H29N5O2S/c1-16-7-3-5-9-18(16)23-20(28)15-30-21-17-8-4-6-10-19(17)27(22(29)24-21)26-13-11-25(2)12-14-26/h3,5,7,9H,4,6,8,10-15H2,1-2H3,(H,23,28). The topological polar surface area (TPSA) is 70.5 Å². The third-order valence-corrected chi connectivity index (χ3v) is 6.87. The van der Waals surface area contributed by atoms with Crippen LogP contribution in [0.4, 0.5) is 5.69 Å². The SMILES string of the molecule is Cc1ccccc1NC(=O)CSc1nc(=O)n(N2CCN(C)CC2)c2c1CCCC2. The summed E-state index contributed by atoms with van der Waals surface area (Å²) in [4.78, 5) is 32.1. The second-order valence-corrected chi connectivity index (χ2v) is 9.02. The smallest absolute Gasteiger partial charge is 0.325 e. The highest BCUT2D eigenvalue weighted by Crippen LogP contribution is 2.29. The van der Waals surface area contributed by atoms with E-state index in [4.69, 9.17) is 0 Å². The number of piperazine rings is 1. The molecule has 30 heavy (non-hydrogen) atoms. The lowest BCUT2D eigenvalue weighted by Gasteiger charge is -2.37. The zero-order valence-corrected chi connectivity index (χ0v) is 18.5. The van der Waals surface area contributed by atoms with E-state index in [1.54, 1.807) is 0 Å². The summed E-state index contributed by atoms with van der Waals surface area (Å²) in [6.45, 7) is 5.51. The number of nitrogens with zero attached hydrogens (tertiary/aromatic N) is 4. The molecular weight excluding hydrogens is 398 g/mol. The Hall–Kier alpha value is -2.32. The maximum absolute atomic E-state index is 13.0. The van der Waals surface area contributed by atoms with E-state index < -0.39 is 0 Å². The summed E-state index contributed by atoms with van der Waals surface area (Å²) >= 11 is 1.37. The molecule has 0 saturated carbocycles. The van der Waals surface area contributed by atoms with E-state index in [0.717, 1.165) is 79.4 Å². The lowest BCUT2D eigenvalue weighted by Crippen LogP contribution is -2.54. The Morgan fingerprint density at radius 1 is 1.13 bits per heavy atom. The number of nitrogens with one attached hydrogen (secondary N) is 1. The van der Waals surface area contributed by atoms with Crippen molar-refractivity contribution < 1.29 is 4.79 Å². The molecule has 1 saturated heterocycles. The van der Waals surface area contributed by atoms with Crippen LogP contribution in [-0.4, -0.2) is 59.4 Å². The van der Waals surface area contributed by atoms with Gasteiger partial charge in [-0.3, -0.25) is 4.79 Å². The maximum atomic E-state index is 13.0. The van der Waals surface area contributed by atoms with E-state index in [1.165, 1.54) is 11.8 Å². The highest BCUT2D eigenvalue weighted by atomic mass is 32.2. The molecule has 0 unspecified atom stereocenters. The Morgan fingerprint density at radius 3 is 2.63 bits per heavy atom. The van der Waals surface area contributed by atoms with E-state index in [1.807, 2.05) is 35.9 Å². The zero-order chi connectivity index (χ0) is 21.1. The number of benzene rings is 1. The van der Waals surface area contributed by atoms with Crippen LogP contribution in [0.1, 0.15) is 29.7 Å². The number of rotatable bonds is 5. The first-order chi connectivity index (χ1) is 14.5. The van der Waals surface area contributed by atoms with Gasteiger partial charge in [0.15, 0.2) is 0 Å².